The average Bonchev–Trinajstić information content (AvgIpc) is 2.42. The van der Waals surface area contributed by atoms with Gasteiger partial charge in [0.05, 0.1) is 5.69 Å². The standard InChI is InChI=1S/C18H27FN2/c1-12(2)21-10-14-5-4-6-15(11-21)18(14)20-17-9-13(3)7-8-16(17)19/h7-9,12,14-15,18,20H,4-6,10-11H2,1-3H3. The number of piperidine rings is 1. The maximum atomic E-state index is 14.0. The highest BCUT2D eigenvalue weighted by atomic mass is 19.1. The Hall–Kier alpha value is -1.09. The molecule has 1 saturated carbocycles. The lowest BCUT2D eigenvalue weighted by Crippen LogP contribution is -2.56. The van der Waals surface area contributed by atoms with Gasteiger partial charge in [0.1, 0.15) is 5.82 Å². The molecule has 2 bridgehead atoms. The molecule has 21 heavy (non-hydrogen) atoms. The van der Waals surface area contributed by atoms with Gasteiger partial charge in [0.2, 0.25) is 0 Å². The van der Waals surface area contributed by atoms with E-state index in [1.807, 2.05) is 19.1 Å². The summed E-state index contributed by atoms with van der Waals surface area (Å²) in [6.07, 6.45) is 3.87. The van der Waals surface area contributed by atoms with Crippen LogP contribution >= 0.6 is 0 Å². The normalized spacial score (nSPS) is 29.7. The number of fused-ring (bicyclic) bond motifs is 2. The van der Waals surface area contributed by atoms with Gasteiger partial charge in [0.25, 0.3) is 0 Å². The van der Waals surface area contributed by atoms with Gasteiger partial charge < -0.3 is 10.2 Å². The zero-order valence-corrected chi connectivity index (χ0v) is 13.4. The number of anilines is 1. The van der Waals surface area contributed by atoms with E-state index < -0.39 is 0 Å². The molecule has 116 valence electrons. The summed E-state index contributed by atoms with van der Waals surface area (Å²) >= 11 is 0. The summed E-state index contributed by atoms with van der Waals surface area (Å²) in [6.45, 7) is 8.89. The summed E-state index contributed by atoms with van der Waals surface area (Å²) in [7, 11) is 0. The lowest BCUT2D eigenvalue weighted by atomic mass is 9.73. The van der Waals surface area contributed by atoms with Gasteiger partial charge in [0, 0.05) is 25.2 Å². The molecule has 1 saturated heterocycles. The topological polar surface area (TPSA) is 15.3 Å². The summed E-state index contributed by atoms with van der Waals surface area (Å²) in [5, 5.41) is 3.55. The fourth-order valence-electron chi connectivity index (χ4n) is 4.06. The lowest BCUT2D eigenvalue weighted by molar-refractivity contribution is 0.0517. The molecule has 0 amide bonds. The second kappa shape index (κ2) is 5.96. The number of benzene rings is 1. The quantitative estimate of drug-likeness (QED) is 0.903. The Labute approximate surface area is 127 Å². The van der Waals surface area contributed by atoms with E-state index in [1.165, 1.54) is 19.3 Å². The molecule has 3 rings (SSSR count). The molecular weight excluding hydrogens is 263 g/mol. The van der Waals surface area contributed by atoms with E-state index in [9.17, 15) is 4.39 Å². The van der Waals surface area contributed by atoms with E-state index in [1.54, 1.807) is 6.07 Å². The van der Waals surface area contributed by atoms with E-state index in [2.05, 4.69) is 24.1 Å². The predicted octanol–water partition coefficient (Wildman–Crippen LogP) is 4.05. The molecule has 1 aromatic rings. The molecule has 0 radical (unpaired) electrons. The van der Waals surface area contributed by atoms with Crippen LogP contribution in [0.1, 0.15) is 38.7 Å². The molecule has 0 aromatic heterocycles. The van der Waals surface area contributed by atoms with Gasteiger partial charge in [-0.05, 0) is 63.1 Å². The highest BCUT2D eigenvalue weighted by molar-refractivity contribution is 5.48. The first-order valence-electron chi connectivity index (χ1n) is 8.31. The minimum atomic E-state index is -0.120. The van der Waals surface area contributed by atoms with Crippen molar-refractivity contribution in [2.45, 2.75) is 52.1 Å². The van der Waals surface area contributed by atoms with Crippen LogP contribution < -0.4 is 5.32 Å². The van der Waals surface area contributed by atoms with Gasteiger partial charge in [-0.25, -0.2) is 4.39 Å². The minimum absolute atomic E-state index is 0.120. The number of halogens is 1. The van der Waals surface area contributed by atoms with Gasteiger partial charge in [0.15, 0.2) is 0 Å². The highest BCUT2D eigenvalue weighted by Gasteiger charge is 2.40. The first-order valence-corrected chi connectivity index (χ1v) is 8.31. The Morgan fingerprint density at radius 1 is 1.19 bits per heavy atom. The number of aryl methyl sites for hydroxylation is 1. The Morgan fingerprint density at radius 3 is 2.48 bits per heavy atom. The second-order valence-corrected chi connectivity index (χ2v) is 7.15. The monoisotopic (exact) mass is 290 g/mol. The van der Waals surface area contributed by atoms with Crippen LogP contribution in [0, 0.1) is 24.6 Å². The number of likely N-dealkylation sites (tertiary alicyclic amines) is 1. The third-order valence-corrected chi connectivity index (χ3v) is 5.28. The van der Waals surface area contributed by atoms with Crippen LogP contribution in [0.5, 0.6) is 0 Å². The van der Waals surface area contributed by atoms with Gasteiger partial charge >= 0.3 is 0 Å². The SMILES string of the molecule is Cc1ccc(F)c(NC2C3CCCC2CN(C(C)C)C3)c1. The summed E-state index contributed by atoms with van der Waals surface area (Å²) in [6, 6.07) is 6.41. The maximum Gasteiger partial charge on any atom is 0.146 e. The average molecular weight is 290 g/mol. The summed E-state index contributed by atoms with van der Waals surface area (Å²) in [4.78, 5) is 2.60. The van der Waals surface area contributed by atoms with Crippen molar-refractivity contribution >= 4 is 5.69 Å². The molecule has 2 aliphatic rings. The van der Waals surface area contributed by atoms with Crippen molar-refractivity contribution in [3.8, 4) is 0 Å². The number of hydrogen-bond acceptors (Lipinski definition) is 2. The van der Waals surface area contributed by atoms with Crippen LogP contribution in [0.4, 0.5) is 10.1 Å². The third kappa shape index (κ3) is 3.08. The van der Waals surface area contributed by atoms with Gasteiger partial charge in [-0.1, -0.05) is 12.5 Å². The van der Waals surface area contributed by atoms with Crippen LogP contribution in [-0.2, 0) is 0 Å². The van der Waals surface area contributed by atoms with Gasteiger partial charge in [-0.3, -0.25) is 0 Å². The first-order chi connectivity index (χ1) is 10.0. The van der Waals surface area contributed by atoms with Crippen molar-refractivity contribution < 1.29 is 4.39 Å². The van der Waals surface area contributed by atoms with Crippen molar-refractivity contribution in [3.63, 3.8) is 0 Å². The van der Waals surface area contributed by atoms with E-state index in [0.717, 1.165) is 18.7 Å². The molecule has 1 heterocycles. The van der Waals surface area contributed by atoms with E-state index in [4.69, 9.17) is 0 Å². The molecule has 2 unspecified atom stereocenters. The van der Waals surface area contributed by atoms with Crippen LogP contribution in [0.3, 0.4) is 0 Å². The third-order valence-electron chi connectivity index (χ3n) is 5.28. The van der Waals surface area contributed by atoms with Crippen LogP contribution in [0.15, 0.2) is 18.2 Å². The van der Waals surface area contributed by atoms with Gasteiger partial charge in [-0.15, -0.1) is 0 Å². The molecule has 2 fully saturated rings. The Kier molecular flexibility index (Phi) is 4.21. The van der Waals surface area contributed by atoms with Crippen molar-refractivity contribution in [1.29, 1.82) is 0 Å². The number of hydrogen-bond donors (Lipinski definition) is 1. The van der Waals surface area contributed by atoms with Crippen LogP contribution in [-0.4, -0.2) is 30.1 Å². The van der Waals surface area contributed by atoms with Crippen molar-refractivity contribution in [1.82, 2.24) is 4.90 Å². The summed E-state index contributed by atoms with van der Waals surface area (Å²) in [5.41, 5.74) is 1.80. The summed E-state index contributed by atoms with van der Waals surface area (Å²) in [5.74, 6) is 1.18. The fourth-order valence-corrected chi connectivity index (χ4v) is 4.06. The van der Waals surface area contributed by atoms with Crippen LogP contribution in [0.25, 0.3) is 0 Å². The number of nitrogens with zero attached hydrogens (tertiary/aromatic N) is 1. The minimum Gasteiger partial charge on any atom is -0.379 e. The number of nitrogens with one attached hydrogen (secondary N) is 1. The largest absolute Gasteiger partial charge is 0.379 e. The van der Waals surface area contributed by atoms with E-state index in [-0.39, 0.29) is 5.82 Å². The van der Waals surface area contributed by atoms with Crippen LogP contribution in [0.2, 0.25) is 0 Å². The second-order valence-electron chi connectivity index (χ2n) is 7.15. The van der Waals surface area contributed by atoms with Crippen molar-refractivity contribution in [3.05, 3.63) is 29.6 Å². The predicted molar refractivity (Wildman–Crippen MR) is 86.1 cm³/mol. The maximum absolute atomic E-state index is 14.0. The molecule has 1 N–H and O–H groups in total. The molecule has 2 nitrogen and oxygen atoms in total. The summed E-state index contributed by atoms with van der Waals surface area (Å²) < 4.78 is 14.0. The Bertz CT molecular complexity index is 486. The molecule has 0 spiro atoms. The molecule has 2 atom stereocenters. The fraction of sp³-hybridized carbons (Fsp3) is 0.667. The molecule has 1 aliphatic carbocycles. The molecular formula is C18H27FN2. The molecule has 1 aliphatic heterocycles. The zero-order valence-electron chi connectivity index (χ0n) is 13.4. The van der Waals surface area contributed by atoms with E-state index in [0.29, 0.717) is 29.6 Å². The zero-order chi connectivity index (χ0) is 15.0. The Balaban J connectivity index is 1.78. The smallest absolute Gasteiger partial charge is 0.146 e. The molecule has 1 aromatic carbocycles. The first kappa shape index (κ1) is 14.8. The lowest BCUT2D eigenvalue weighted by Gasteiger charge is -2.49. The van der Waals surface area contributed by atoms with Crippen molar-refractivity contribution in [2.75, 3.05) is 18.4 Å². The Morgan fingerprint density at radius 2 is 1.86 bits per heavy atom. The van der Waals surface area contributed by atoms with Crippen molar-refractivity contribution in [2.24, 2.45) is 11.8 Å². The molecule has 3 heteroatoms. The van der Waals surface area contributed by atoms with E-state index >= 15 is 0 Å². The number of rotatable bonds is 3. The van der Waals surface area contributed by atoms with Gasteiger partial charge in [-0.2, -0.15) is 0 Å². The highest BCUT2D eigenvalue weighted by Crippen LogP contribution is 2.37.